The molecule has 1 aliphatic rings. The maximum Gasteiger partial charge on any atom is 0.226 e. The third kappa shape index (κ3) is 15.0. The lowest BCUT2D eigenvalue weighted by atomic mass is 9.91. The summed E-state index contributed by atoms with van der Waals surface area (Å²) in [6.45, 7) is 19.4. The smallest absolute Gasteiger partial charge is 0.226 e. The van der Waals surface area contributed by atoms with Crippen LogP contribution in [-0.2, 0) is 28.7 Å². The monoisotopic (exact) mass is 1220 g/mol. The van der Waals surface area contributed by atoms with Crippen LogP contribution in [-0.4, -0.2) is 36.2 Å². The molecule has 0 aliphatic carbocycles. The van der Waals surface area contributed by atoms with Gasteiger partial charge in [-0.3, -0.25) is 0 Å². The van der Waals surface area contributed by atoms with Gasteiger partial charge in [0, 0.05) is 44.4 Å². The first kappa shape index (κ1) is 63.9. The maximum atomic E-state index is 6.60. The normalized spacial score (nSPS) is 15.2. The number of nitrogens with zero attached hydrogens (tertiary/aromatic N) is 3. The lowest BCUT2D eigenvalue weighted by molar-refractivity contribution is -0.226. The first-order valence-corrected chi connectivity index (χ1v) is 35.8. The van der Waals surface area contributed by atoms with Gasteiger partial charge >= 0.3 is 0 Å². The topological polar surface area (TPSA) is 96.6 Å². The largest absolute Gasteiger partial charge is 0.436 e. The van der Waals surface area contributed by atoms with Crippen LogP contribution < -0.4 is 20.7 Å². The van der Waals surface area contributed by atoms with Crippen molar-refractivity contribution in [3.8, 4) is 68.3 Å². The number of hydrogen-bond acceptors (Lipinski definition) is 8. The molecule has 1 saturated heterocycles. The molecule has 8 nitrogen and oxygen atoms in total. The molecule has 1 aliphatic heterocycles. The van der Waals surface area contributed by atoms with Gasteiger partial charge in [-0.1, -0.05) is 266 Å². The Hall–Kier alpha value is -7.69. The summed E-state index contributed by atoms with van der Waals surface area (Å²) in [7, 11) is -3.23. The quantitative estimate of drug-likeness (QED) is 0.0338. The van der Waals surface area contributed by atoms with E-state index in [1.807, 2.05) is 18.6 Å². The highest BCUT2D eigenvalue weighted by molar-refractivity contribution is 7.19. The zero-order chi connectivity index (χ0) is 62.5. The summed E-state index contributed by atoms with van der Waals surface area (Å²) in [6, 6.07) is 62.3. The van der Waals surface area contributed by atoms with Crippen molar-refractivity contribution in [1.82, 2.24) is 15.0 Å². The number of ether oxygens (including phenoxy) is 2. The number of oxazole rings is 3. The van der Waals surface area contributed by atoms with Crippen LogP contribution in [0.4, 0.5) is 0 Å². The van der Waals surface area contributed by atoms with Crippen molar-refractivity contribution >= 4 is 28.8 Å². The Morgan fingerprint density at radius 3 is 0.933 bits per heavy atom. The Morgan fingerprint density at radius 1 is 0.378 bits per heavy atom. The summed E-state index contributed by atoms with van der Waals surface area (Å²) < 4.78 is 32.5. The Morgan fingerprint density at radius 2 is 0.656 bits per heavy atom. The minimum absolute atomic E-state index is 0.0541. The van der Waals surface area contributed by atoms with Gasteiger partial charge in [-0.15, -0.1) is 0 Å². The third-order valence-electron chi connectivity index (χ3n) is 19.0. The highest BCUT2D eigenvalue weighted by Crippen LogP contribution is 2.34. The van der Waals surface area contributed by atoms with Crippen molar-refractivity contribution in [3.63, 3.8) is 0 Å². The van der Waals surface area contributed by atoms with E-state index in [1.165, 1.54) is 114 Å². The van der Waals surface area contributed by atoms with E-state index < -0.39 is 14.4 Å². The van der Waals surface area contributed by atoms with Crippen molar-refractivity contribution in [2.45, 2.75) is 158 Å². The fraction of sp³-hybridized carbons (Fsp3) is 0.370. The van der Waals surface area contributed by atoms with E-state index in [4.69, 9.17) is 37.7 Å². The predicted molar refractivity (Wildman–Crippen MR) is 372 cm³/mol. The van der Waals surface area contributed by atoms with E-state index in [9.17, 15) is 0 Å². The van der Waals surface area contributed by atoms with Gasteiger partial charge in [-0.25, -0.2) is 15.0 Å². The molecule has 4 heterocycles. The summed E-state index contributed by atoms with van der Waals surface area (Å²) >= 11 is 0. The first-order chi connectivity index (χ1) is 44.0. The average Bonchev–Trinajstić information content (AvgIpc) is 1.43. The van der Waals surface area contributed by atoms with E-state index in [2.05, 4.69) is 225 Å². The van der Waals surface area contributed by atoms with Gasteiger partial charge in [0.25, 0.3) is 0 Å². The highest BCUT2D eigenvalue weighted by atomic mass is 28.3. The van der Waals surface area contributed by atoms with Gasteiger partial charge in [0.05, 0.1) is 31.8 Å². The number of aromatic nitrogens is 3. The predicted octanol–water partition coefficient (Wildman–Crippen LogP) is 19.4. The van der Waals surface area contributed by atoms with Crippen LogP contribution in [0.3, 0.4) is 0 Å². The van der Waals surface area contributed by atoms with E-state index in [-0.39, 0.29) is 5.41 Å². The second-order valence-corrected chi connectivity index (χ2v) is 30.1. The molecule has 7 aromatic carbocycles. The van der Waals surface area contributed by atoms with Crippen LogP contribution in [0.1, 0.15) is 161 Å². The number of hydrogen-bond donors (Lipinski definition) is 0. The van der Waals surface area contributed by atoms with Crippen LogP contribution in [0.15, 0.2) is 202 Å². The molecular weight excluding hydrogens is 1120 g/mol. The van der Waals surface area contributed by atoms with E-state index in [0.717, 1.165) is 75.5 Å². The fourth-order valence-electron chi connectivity index (χ4n) is 13.2. The lowest BCUT2D eigenvalue weighted by Gasteiger charge is -2.36. The number of unbranched alkanes of at least 4 members (excludes halogenated alkanes) is 3. The fourth-order valence-corrected chi connectivity index (χ4v) is 17.9. The summed E-state index contributed by atoms with van der Waals surface area (Å²) in [5.74, 6) is 6.10. The van der Waals surface area contributed by atoms with Crippen LogP contribution in [0.25, 0.3) is 68.3 Å². The van der Waals surface area contributed by atoms with Gasteiger partial charge in [0.1, 0.15) is 0 Å². The van der Waals surface area contributed by atoms with Gasteiger partial charge in [-0.05, 0) is 111 Å². The molecule has 11 rings (SSSR count). The number of rotatable bonds is 29. The molecule has 0 saturated carbocycles. The highest BCUT2D eigenvalue weighted by Gasteiger charge is 2.42. The Labute approximate surface area is 537 Å². The zero-order valence-corrected chi connectivity index (χ0v) is 55.6. The van der Waals surface area contributed by atoms with E-state index in [0.29, 0.717) is 48.6 Å². The standard InChI is InChI=1S/C81H93N3O5Si/c1-9-15-18-57(12-4)49-60-21-27-63(28-22-60)74-52-82-77(87-74)66-33-41-70(42-34-66)90(73-47-39-69(40-48-73)80-85-55-81(7,8)56-86-80,71-43-35-67(36-44-71)78-83-53-75(88-78)64-29-23-61(24-30-64)50-58(13-5)19-16-10-2)72-45-37-68(38-46-72)79-84-54-76(89-79)65-31-25-62(26-32-65)51-59(14-6)20-17-11-3/h21-48,52-54,57-59,80H,9-20,49-51,55-56H2,1-8H3. The van der Waals surface area contributed by atoms with Crippen molar-refractivity contribution < 1.29 is 22.7 Å². The minimum Gasteiger partial charge on any atom is -0.436 e. The van der Waals surface area contributed by atoms with Crippen molar-refractivity contribution in [1.29, 1.82) is 0 Å². The summed E-state index contributed by atoms with van der Waals surface area (Å²) in [5.41, 5.74) is 10.8. The van der Waals surface area contributed by atoms with Gasteiger partial charge in [0.2, 0.25) is 17.7 Å². The summed E-state index contributed by atoms with van der Waals surface area (Å²) in [5, 5.41) is 4.76. The molecule has 90 heavy (non-hydrogen) atoms. The molecule has 0 amide bonds. The second-order valence-electron chi connectivity index (χ2n) is 26.3. The van der Waals surface area contributed by atoms with Crippen molar-refractivity contribution in [2.75, 3.05) is 13.2 Å². The van der Waals surface area contributed by atoms with Crippen LogP contribution >= 0.6 is 0 Å². The van der Waals surface area contributed by atoms with Gasteiger partial charge in [0.15, 0.2) is 31.6 Å². The molecule has 9 heteroatoms. The molecule has 0 N–H and O–H groups in total. The van der Waals surface area contributed by atoms with Gasteiger partial charge < -0.3 is 22.7 Å². The lowest BCUT2D eigenvalue weighted by Crippen LogP contribution is -2.74. The van der Waals surface area contributed by atoms with Crippen molar-refractivity contribution in [3.05, 3.63) is 211 Å². The molecule has 0 spiro atoms. The van der Waals surface area contributed by atoms with Crippen molar-refractivity contribution in [2.24, 2.45) is 23.2 Å². The summed E-state index contributed by atoms with van der Waals surface area (Å²) in [4.78, 5) is 14.6. The Kier molecular flexibility index (Phi) is 21.3. The maximum absolute atomic E-state index is 6.60. The van der Waals surface area contributed by atoms with Crippen LogP contribution in [0, 0.1) is 23.2 Å². The van der Waals surface area contributed by atoms with Crippen LogP contribution in [0.5, 0.6) is 0 Å². The number of benzene rings is 7. The molecule has 466 valence electrons. The van der Waals surface area contributed by atoms with Crippen LogP contribution in [0.2, 0.25) is 0 Å². The SMILES string of the molecule is CCCCC(CC)Cc1ccc(-c2cnc(-c3ccc([Si](c4ccc(-c5ncc(-c6ccc(CC(CC)CCCC)cc6)o5)cc4)(c4ccc(-c5ncc(-c6ccc(CC(CC)CCCC)cc6)o5)cc4)c4ccc(C5OCC(C)(C)CO5)cc4)cc3)o2)cc1. The average molecular weight is 1220 g/mol. The molecular formula is C81H93N3O5Si. The zero-order valence-electron chi connectivity index (χ0n) is 54.6. The molecule has 3 unspecified atom stereocenters. The van der Waals surface area contributed by atoms with E-state index in [1.54, 1.807) is 0 Å². The van der Waals surface area contributed by atoms with E-state index >= 15 is 0 Å². The first-order valence-electron chi connectivity index (χ1n) is 33.8. The molecule has 0 bridgehead atoms. The third-order valence-corrected chi connectivity index (χ3v) is 23.8. The van der Waals surface area contributed by atoms with Gasteiger partial charge in [-0.2, -0.15) is 0 Å². The Bertz CT molecular complexity index is 3450. The molecule has 3 atom stereocenters. The second kappa shape index (κ2) is 30.0. The molecule has 3 aromatic heterocycles. The summed E-state index contributed by atoms with van der Waals surface area (Å²) in [6.07, 6.45) is 23.4. The molecule has 10 aromatic rings. The Balaban J connectivity index is 0.952. The minimum atomic E-state index is -3.23. The molecule has 1 fully saturated rings. The molecule has 0 radical (unpaired) electrons.